The lowest BCUT2D eigenvalue weighted by molar-refractivity contribution is -0.123. The van der Waals surface area contributed by atoms with Crippen LogP contribution >= 0.6 is 0 Å². The van der Waals surface area contributed by atoms with Crippen molar-refractivity contribution >= 4 is 11.6 Å². The van der Waals surface area contributed by atoms with Gasteiger partial charge in [-0.05, 0) is 42.8 Å². The van der Waals surface area contributed by atoms with Crippen LogP contribution in [0.15, 0.2) is 48.8 Å². The first kappa shape index (κ1) is 15.7. The molecule has 0 spiro atoms. The molecule has 22 heavy (non-hydrogen) atoms. The van der Waals surface area contributed by atoms with Gasteiger partial charge in [-0.25, -0.2) is 0 Å². The maximum Gasteiger partial charge on any atom is 0.253 e. The number of anilines is 1. The molecule has 0 aliphatic heterocycles. The first-order valence-corrected chi connectivity index (χ1v) is 7.08. The van der Waals surface area contributed by atoms with Crippen LogP contribution in [0.25, 0.3) is 0 Å². The van der Waals surface area contributed by atoms with Gasteiger partial charge in [0.1, 0.15) is 6.61 Å². The molecule has 0 unspecified atom stereocenters. The summed E-state index contributed by atoms with van der Waals surface area (Å²) in [7, 11) is 0. The monoisotopic (exact) mass is 294 g/mol. The van der Waals surface area contributed by atoms with Gasteiger partial charge < -0.3 is 9.64 Å². The van der Waals surface area contributed by atoms with E-state index in [1.54, 1.807) is 17.3 Å². The van der Waals surface area contributed by atoms with Crippen molar-refractivity contribution in [3.63, 3.8) is 0 Å². The van der Waals surface area contributed by atoms with Gasteiger partial charge in [-0.2, -0.15) is 0 Å². The van der Waals surface area contributed by atoms with E-state index in [1.165, 1.54) is 0 Å². The normalized spacial score (nSPS) is 10.0. The van der Waals surface area contributed by atoms with Gasteiger partial charge in [0, 0.05) is 30.3 Å². The van der Waals surface area contributed by atoms with Crippen molar-refractivity contribution in [2.45, 2.75) is 13.5 Å². The number of nitrogens with zero attached hydrogens (tertiary/aromatic N) is 2. The zero-order valence-corrected chi connectivity index (χ0v) is 12.5. The number of hydrogen-bond donors (Lipinski definition) is 0. The zero-order chi connectivity index (χ0) is 15.8. The third-order valence-electron chi connectivity index (χ3n) is 3.15. The van der Waals surface area contributed by atoms with Crippen LogP contribution in [0.2, 0.25) is 0 Å². The molecule has 0 aliphatic rings. The second-order valence-corrected chi connectivity index (χ2v) is 4.67. The SMILES string of the molecule is C#Cc1cccc(N(Cc2ccncc2)C(=O)COCC)c1. The van der Waals surface area contributed by atoms with E-state index >= 15 is 0 Å². The Morgan fingerprint density at radius 2 is 2.09 bits per heavy atom. The van der Waals surface area contributed by atoms with E-state index in [2.05, 4.69) is 10.9 Å². The van der Waals surface area contributed by atoms with Gasteiger partial charge in [0.25, 0.3) is 5.91 Å². The van der Waals surface area contributed by atoms with Crippen molar-refractivity contribution in [2.75, 3.05) is 18.1 Å². The Balaban J connectivity index is 2.28. The van der Waals surface area contributed by atoms with Gasteiger partial charge in [-0.15, -0.1) is 6.42 Å². The summed E-state index contributed by atoms with van der Waals surface area (Å²) in [6, 6.07) is 11.1. The Morgan fingerprint density at radius 3 is 2.77 bits per heavy atom. The lowest BCUT2D eigenvalue weighted by Crippen LogP contribution is -2.33. The van der Waals surface area contributed by atoms with Crippen molar-refractivity contribution in [3.05, 3.63) is 59.9 Å². The zero-order valence-electron chi connectivity index (χ0n) is 12.5. The van der Waals surface area contributed by atoms with Crippen LogP contribution in [0.5, 0.6) is 0 Å². The molecule has 4 heteroatoms. The molecule has 0 radical (unpaired) electrons. The Kier molecular flexibility index (Phi) is 5.70. The molecule has 4 nitrogen and oxygen atoms in total. The number of terminal acetylenes is 1. The van der Waals surface area contributed by atoms with E-state index in [0.29, 0.717) is 13.2 Å². The molecule has 0 aliphatic carbocycles. The van der Waals surface area contributed by atoms with E-state index in [4.69, 9.17) is 11.2 Å². The number of hydrogen-bond acceptors (Lipinski definition) is 3. The minimum absolute atomic E-state index is 0.0435. The van der Waals surface area contributed by atoms with Crippen LogP contribution in [0.3, 0.4) is 0 Å². The first-order valence-electron chi connectivity index (χ1n) is 7.08. The van der Waals surface area contributed by atoms with E-state index in [1.807, 2.05) is 43.3 Å². The fourth-order valence-electron chi connectivity index (χ4n) is 2.03. The van der Waals surface area contributed by atoms with Crippen molar-refractivity contribution in [1.29, 1.82) is 0 Å². The largest absolute Gasteiger partial charge is 0.372 e. The molecular formula is C18H18N2O2. The number of aromatic nitrogens is 1. The molecule has 1 aromatic carbocycles. The number of pyridine rings is 1. The van der Waals surface area contributed by atoms with E-state index < -0.39 is 0 Å². The minimum atomic E-state index is -0.104. The fourth-order valence-corrected chi connectivity index (χ4v) is 2.03. The third kappa shape index (κ3) is 4.18. The van der Waals surface area contributed by atoms with Gasteiger partial charge >= 0.3 is 0 Å². The first-order chi connectivity index (χ1) is 10.7. The highest BCUT2D eigenvalue weighted by atomic mass is 16.5. The summed E-state index contributed by atoms with van der Waals surface area (Å²) < 4.78 is 5.25. The van der Waals surface area contributed by atoms with Crippen molar-refractivity contribution in [3.8, 4) is 12.3 Å². The van der Waals surface area contributed by atoms with Gasteiger partial charge in [-0.1, -0.05) is 12.0 Å². The van der Waals surface area contributed by atoms with Gasteiger partial charge in [0.05, 0.1) is 6.54 Å². The number of carbonyl (C=O) groups excluding carboxylic acids is 1. The minimum Gasteiger partial charge on any atom is -0.372 e. The molecular weight excluding hydrogens is 276 g/mol. The van der Waals surface area contributed by atoms with Crippen molar-refractivity contribution in [1.82, 2.24) is 4.98 Å². The maximum absolute atomic E-state index is 12.4. The highest BCUT2D eigenvalue weighted by molar-refractivity contribution is 5.94. The van der Waals surface area contributed by atoms with Crippen LogP contribution in [0.4, 0.5) is 5.69 Å². The summed E-state index contributed by atoms with van der Waals surface area (Å²) in [5.41, 5.74) is 2.49. The topological polar surface area (TPSA) is 42.4 Å². The number of amides is 1. The second-order valence-electron chi connectivity index (χ2n) is 4.67. The molecule has 0 saturated heterocycles. The quantitative estimate of drug-likeness (QED) is 0.769. The van der Waals surface area contributed by atoms with E-state index in [0.717, 1.165) is 16.8 Å². The van der Waals surface area contributed by atoms with Crippen molar-refractivity contribution < 1.29 is 9.53 Å². The Labute approximate surface area is 130 Å². The Morgan fingerprint density at radius 1 is 1.32 bits per heavy atom. The number of carbonyl (C=O) groups is 1. The van der Waals surface area contributed by atoms with Gasteiger partial charge in [0.15, 0.2) is 0 Å². The number of ether oxygens (including phenoxy) is 1. The van der Waals surface area contributed by atoms with Crippen LogP contribution in [-0.4, -0.2) is 24.1 Å². The second kappa shape index (κ2) is 7.96. The summed E-state index contributed by atoms with van der Waals surface area (Å²) in [6.45, 7) is 2.85. The van der Waals surface area contributed by atoms with Crippen LogP contribution in [0, 0.1) is 12.3 Å². The molecule has 112 valence electrons. The Hall–Kier alpha value is -2.64. The number of rotatable bonds is 6. The summed E-state index contributed by atoms with van der Waals surface area (Å²) in [5, 5.41) is 0. The molecule has 0 atom stereocenters. The molecule has 1 aromatic heterocycles. The molecule has 0 fully saturated rings. The number of benzene rings is 1. The average molecular weight is 294 g/mol. The molecule has 2 rings (SSSR count). The summed E-state index contributed by atoms with van der Waals surface area (Å²) in [5.74, 6) is 2.49. The van der Waals surface area contributed by atoms with Gasteiger partial charge in [0.2, 0.25) is 0 Å². The predicted octanol–water partition coefficient (Wildman–Crippen LogP) is 2.63. The van der Waals surface area contributed by atoms with Crippen LogP contribution in [-0.2, 0) is 16.1 Å². The van der Waals surface area contributed by atoms with Crippen LogP contribution < -0.4 is 4.90 Å². The van der Waals surface area contributed by atoms with Crippen LogP contribution in [0.1, 0.15) is 18.1 Å². The molecule has 1 heterocycles. The average Bonchev–Trinajstić information content (AvgIpc) is 2.58. The summed E-state index contributed by atoms with van der Waals surface area (Å²) in [6.07, 6.45) is 8.85. The lowest BCUT2D eigenvalue weighted by atomic mass is 10.1. The van der Waals surface area contributed by atoms with E-state index in [9.17, 15) is 4.79 Å². The standard InChI is InChI=1S/C18H18N2O2/c1-3-15-6-5-7-17(12-15)20(18(21)14-22-4-2)13-16-8-10-19-11-9-16/h1,5-12H,4,13-14H2,2H3. The molecule has 0 bridgehead atoms. The Bertz CT molecular complexity index is 662. The van der Waals surface area contributed by atoms with E-state index in [-0.39, 0.29) is 12.5 Å². The highest BCUT2D eigenvalue weighted by Gasteiger charge is 2.16. The summed E-state index contributed by atoms with van der Waals surface area (Å²) >= 11 is 0. The smallest absolute Gasteiger partial charge is 0.253 e. The fraction of sp³-hybridized carbons (Fsp3) is 0.222. The van der Waals surface area contributed by atoms with Crippen molar-refractivity contribution in [2.24, 2.45) is 0 Å². The molecule has 1 amide bonds. The highest BCUT2D eigenvalue weighted by Crippen LogP contribution is 2.19. The predicted molar refractivity (Wildman–Crippen MR) is 86.3 cm³/mol. The molecule has 0 N–H and O–H groups in total. The third-order valence-corrected chi connectivity index (χ3v) is 3.15. The molecule has 0 saturated carbocycles. The molecule has 2 aromatic rings. The van der Waals surface area contributed by atoms with Gasteiger partial charge in [-0.3, -0.25) is 9.78 Å². The maximum atomic E-state index is 12.4. The lowest BCUT2D eigenvalue weighted by Gasteiger charge is -2.23. The summed E-state index contributed by atoms with van der Waals surface area (Å²) in [4.78, 5) is 18.1.